The van der Waals surface area contributed by atoms with Crippen LogP contribution in [0.3, 0.4) is 0 Å². The molecule has 0 radical (unpaired) electrons. The van der Waals surface area contributed by atoms with Gasteiger partial charge in [0.1, 0.15) is 6.54 Å². The predicted octanol–water partition coefficient (Wildman–Crippen LogP) is 1.52. The lowest BCUT2D eigenvalue weighted by molar-refractivity contribution is -0.139. The van der Waals surface area contributed by atoms with E-state index in [1.807, 2.05) is 0 Å². The average Bonchev–Trinajstić information content (AvgIpc) is 2.46. The Labute approximate surface area is 117 Å². The first-order valence-corrected chi connectivity index (χ1v) is 6.85. The molecule has 1 amide bonds. The number of amides is 1. The molecule has 1 fully saturated rings. The molecule has 1 aromatic rings. The van der Waals surface area contributed by atoms with E-state index in [4.69, 9.17) is 5.11 Å². The molecule has 108 valence electrons. The standard InChI is InChI=1S/C15H19NO4/c17-13-9-5-4-8-12(13)16(10-14(18)19)15(20)11-6-2-1-3-7-11/h1-3,6-7,12-13,17H,4-5,8-10H2,(H,18,19). The first-order chi connectivity index (χ1) is 9.59. The summed E-state index contributed by atoms with van der Waals surface area (Å²) in [6.07, 6.45) is 2.43. The van der Waals surface area contributed by atoms with Crippen molar-refractivity contribution in [2.75, 3.05) is 6.54 Å². The predicted molar refractivity (Wildman–Crippen MR) is 73.4 cm³/mol. The molecule has 0 saturated heterocycles. The summed E-state index contributed by atoms with van der Waals surface area (Å²) in [5.41, 5.74) is 0.450. The van der Waals surface area contributed by atoms with Crippen LogP contribution in [0.2, 0.25) is 0 Å². The highest BCUT2D eigenvalue weighted by molar-refractivity contribution is 5.96. The number of carboxylic acid groups (broad SMARTS) is 1. The molecule has 20 heavy (non-hydrogen) atoms. The molecule has 1 saturated carbocycles. The second-order valence-electron chi connectivity index (χ2n) is 5.11. The number of aliphatic hydroxyl groups is 1. The van der Waals surface area contributed by atoms with Crippen molar-refractivity contribution in [3.63, 3.8) is 0 Å². The van der Waals surface area contributed by atoms with Gasteiger partial charge in [-0.3, -0.25) is 9.59 Å². The number of benzene rings is 1. The maximum Gasteiger partial charge on any atom is 0.323 e. The lowest BCUT2D eigenvalue weighted by atomic mass is 9.91. The first-order valence-electron chi connectivity index (χ1n) is 6.85. The van der Waals surface area contributed by atoms with E-state index in [1.165, 1.54) is 4.90 Å². The summed E-state index contributed by atoms with van der Waals surface area (Å²) >= 11 is 0. The lowest BCUT2D eigenvalue weighted by Crippen LogP contribution is -2.50. The highest BCUT2D eigenvalue weighted by Crippen LogP contribution is 2.24. The number of carbonyl (C=O) groups is 2. The van der Waals surface area contributed by atoms with Crippen molar-refractivity contribution < 1.29 is 19.8 Å². The SMILES string of the molecule is O=C(O)CN(C(=O)c1ccccc1)C1CCCCC1O. The Morgan fingerprint density at radius 2 is 1.80 bits per heavy atom. The molecule has 1 aliphatic rings. The van der Waals surface area contributed by atoms with Crippen LogP contribution in [0.15, 0.2) is 30.3 Å². The Morgan fingerprint density at radius 1 is 1.15 bits per heavy atom. The third-order valence-corrected chi connectivity index (χ3v) is 3.68. The van der Waals surface area contributed by atoms with E-state index in [9.17, 15) is 14.7 Å². The summed E-state index contributed by atoms with van der Waals surface area (Å²) < 4.78 is 0. The summed E-state index contributed by atoms with van der Waals surface area (Å²) in [5, 5.41) is 19.1. The summed E-state index contributed by atoms with van der Waals surface area (Å²) in [4.78, 5) is 24.8. The number of carbonyl (C=O) groups excluding carboxylic acids is 1. The van der Waals surface area contributed by atoms with Gasteiger partial charge < -0.3 is 15.1 Å². The minimum Gasteiger partial charge on any atom is -0.480 e. The van der Waals surface area contributed by atoms with Crippen molar-refractivity contribution in [1.82, 2.24) is 4.90 Å². The van der Waals surface area contributed by atoms with Gasteiger partial charge in [-0.2, -0.15) is 0 Å². The molecule has 5 heteroatoms. The van der Waals surface area contributed by atoms with Crippen LogP contribution < -0.4 is 0 Å². The number of hydrogen-bond acceptors (Lipinski definition) is 3. The van der Waals surface area contributed by atoms with E-state index in [-0.39, 0.29) is 12.5 Å². The van der Waals surface area contributed by atoms with Gasteiger partial charge in [-0.15, -0.1) is 0 Å². The number of rotatable bonds is 4. The monoisotopic (exact) mass is 277 g/mol. The second-order valence-corrected chi connectivity index (χ2v) is 5.11. The average molecular weight is 277 g/mol. The summed E-state index contributed by atoms with van der Waals surface area (Å²) in [6.45, 7) is -0.380. The van der Waals surface area contributed by atoms with Crippen LogP contribution in [0, 0.1) is 0 Å². The normalized spacial score (nSPS) is 22.2. The Balaban J connectivity index is 2.22. The molecule has 1 aliphatic carbocycles. The molecule has 2 atom stereocenters. The van der Waals surface area contributed by atoms with Gasteiger partial charge >= 0.3 is 5.97 Å². The lowest BCUT2D eigenvalue weighted by Gasteiger charge is -2.36. The van der Waals surface area contributed by atoms with Crippen LogP contribution >= 0.6 is 0 Å². The zero-order chi connectivity index (χ0) is 14.5. The van der Waals surface area contributed by atoms with Crippen LogP contribution in [-0.4, -0.2) is 45.7 Å². The molecule has 1 aromatic carbocycles. The zero-order valence-corrected chi connectivity index (χ0v) is 11.2. The second kappa shape index (κ2) is 6.52. The Hall–Kier alpha value is -1.88. The van der Waals surface area contributed by atoms with Gasteiger partial charge in [-0.1, -0.05) is 31.0 Å². The molecule has 0 aromatic heterocycles. The van der Waals surface area contributed by atoms with Crippen molar-refractivity contribution in [3.05, 3.63) is 35.9 Å². The third kappa shape index (κ3) is 3.36. The van der Waals surface area contributed by atoms with Gasteiger partial charge in [-0.05, 0) is 25.0 Å². The molecule has 0 bridgehead atoms. The maximum absolute atomic E-state index is 12.5. The fraction of sp³-hybridized carbons (Fsp3) is 0.467. The van der Waals surface area contributed by atoms with E-state index in [0.29, 0.717) is 18.4 Å². The van der Waals surface area contributed by atoms with Gasteiger partial charge in [-0.25, -0.2) is 0 Å². The van der Waals surface area contributed by atoms with E-state index in [2.05, 4.69) is 0 Å². The summed E-state index contributed by atoms with van der Waals surface area (Å²) in [7, 11) is 0. The van der Waals surface area contributed by atoms with Gasteiger partial charge in [0.15, 0.2) is 0 Å². The molecule has 2 unspecified atom stereocenters. The van der Waals surface area contributed by atoms with E-state index in [0.717, 1.165) is 12.8 Å². The summed E-state index contributed by atoms with van der Waals surface area (Å²) in [5.74, 6) is -1.40. The van der Waals surface area contributed by atoms with E-state index < -0.39 is 18.1 Å². The van der Waals surface area contributed by atoms with Crippen molar-refractivity contribution in [1.29, 1.82) is 0 Å². The Bertz CT molecular complexity index is 474. The molecule has 2 N–H and O–H groups in total. The van der Waals surface area contributed by atoms with Crippen molar-refractivity contribution in [2.45, 2.75) is 37.8 Å². The Morgan fingerprint density at radius 3 is 2.40 bits per heavy atom. The van der Waals surface area contributed by atoms with Crippen LogP contribution in [-0.2, 0) is 4.79 Å². The van der Waals surface area contributed by atoms with Crippen LogP contribution in [0.25, 0.3) is 0 Å². The number of nitrogens with zero attached hydrogens (tertiary/aromatic N) is 1. The highest BCUT2D eigenvalue weighted by atomic mass is 16.4. The number of aliphatic carboxylic acids is 1. The topological polar surface area (TPSA) is 77.8 Å². The van der Waals surface area contributed by atoms with E-state index in [1.54, 1.807) is 30.3 Å². The molecule has 0 aliphatic heterocycles. The third-order valence-electron chi connectivity index (χ3n) is 3.68. The minimum absolute atomic E-state index is 0.334. The largest absolute Gasteiger partial charge is 0.480 e. The molecule has 5 nitrogen and oxygen atoms in total. The first kappa shape index (κ1) is 14.5. The number of carboxylic acids is 1. The quantitative estimate of drug-likeness (QED) is 0.874. The van der Waals surface area contributed by atoms with Crippen molar-refractivity contribution in [3.8, 4) is 0 Å². The summed E-state index contributed by atoms with van der Waals surface area (Å²) in [6, 6.07) is 8.19. The Kier molecular flexibility index (Phi) is 4.74. The minimum atomic E-state index is -1.06. The number of hydrogen-bond donors (Lipinski definition) is 2. The maximum atomic E-state index is 12.5. The van der Waals surface area contributed by atoms with E-state index >= 15 is 0 Å². The van der Waals surface area contributed by atoms with Crippen LogP contribution in [0.5, 0.6) is 0 Å². The van der Waals surface area contributed by atoms with Gasteiger partial charge in [0.05, 0.1) is 12.1 Å². The van der Waals surface area contributed by atoms with Crippen molar-refractivity contribution >= 4 is 11.9 Å². The van der Waals surface area contributed by atoms with Crippen LogP contribution in [0.1, 0.15) is 36.0 Å². The van der Waals surface area contributed by atoms with Gasteiger partial charge in [0.25, 0.3) is 5.91 Å². The molecule has 0 heterocycles. The molecule has 2 rings (SSSR count). The van der Waals surface area contributed by atoms with Crippen molar-refractivity contribution in [2.24, 2.45) is 0 Å². The fourth-order valence-electron chi connectivity index (χ4n) is 2.69. The smallest absolute Gasteiger partial charge is 0.323 e. The van der Waals surface area contributed by atoms with Gasteiger partial charge in [0, 0.05) is 5.56 Å². The molecule has 0 spiro atoms. The zero-order valence-electron chi connectivity index (χ0n) is 11.2. The number of aliphatic hydroxyl groups excluding tert-OH is 1. The van der Waals surface area contributed by atoms with Gasteiger partial charge in [0.2, 0.25) is 0 Å². The molecular formula is C15H19NO4. The van der Waals surface area contributed by atoms with Crippen LogP contribution in [0.4, 0.5) is 0 Å². The molecular weight excluding hydrogens is 258 g/mol. The highest BCUT2D eigenvalue weighted by Gasteiger charge is 2.33. The fourth-order valence-corrected chi connectivity index (χ4v) is 2.69.